The molecule has 1 aliphatic rings. The molecule has 5 rings (SSSR count). The van der Waals surface area contributed by atoms with Crippen LogP contribution in [0, 0.1) is 6.92 Å². The average Bonchev–Trinajstić information content (AvgIpc) is 3.36. The van der Waals surface area contributed by atoms with Crippen LogP contribution in [0.1, 0.15) is 5.69 Å². The van der Waals surface area contributed by atoms with Crippen molar-refractivity contribution in [2.75, 3.05) is 31.2 Å². The Morgan fingerprint density at radius 2 is 1.89 bits per heavy atom. The van der Waals surface area contributed by atoms with E-state index in [1.54, 1.807) is 12.5 Å². The number of morpholine rings is 1. The zero-order chi connectivity index (χ0) is 18.2. The molecule has 0 saturated carbocycles. The van der Waals surface area contributed by atoms with E-state index in [1.807, 2.05) is 13.0 Å². The first-order valence-electron chi connectivity index (χ1n) is 8.47. The maximum atomic E-state index is 5.88. The first-order valence-corrected chi connectivity index (χ1v) is 9.29. The van der Waals surface area contributed by atoms with Gasteiger partial charge in [0.25, 0.3) is 11.8 Å². The van der Waals surface area contributed by atoms with Crippen molar-refractivity contribution in [3.8, 4) is 22.2 Å². The average molecular weight is 381 g/mol. The maximum Gasteiger partial charge on any atom is 0.258 e. The molecule has 0 radical (unpaired) electrons. The fraction of sp³-hybridized carbons (Fsp3) is 0.294. The molecule has 0 unspecified atom stereocenters. The molecule has 0 N–H and O–H groups in total. The Kier molecular flexibility index (Phi) is 3.98. The van der Waals surface area contributed by atoms with E-state index in [0.717, 1.165) is 45.3 Å². The van der Waals surface area contributed by atoms with Gasteiger partial charge in [0.2, 0.25) is 0 Å². The van der Waals surface area contributed by atoms with Crippen molar-refractivity contribution in [2.24, 2.45) is 0 Å². The van der Waals surface area contributed by atoms with Gasteiger partial charge in [0.1, 0.15) is 23.3 Å². The van der Waals surface area contributed by atoms with Crippen molar-refractivity contribution in [2.45, 2.75) is 6.92 Å². The lowest BCUT2D eigenvalue weighted by molar-refractivity contribution is 0.122. The van der Waals surface area contributed by atoms with Gasteiger partial charge in [0, 0.05) is 19.3 Å². The minimum Gasteiger partial charge on any atom is -0.415 e. The lowest BCUT2D eigenvalue weighted by Crippen LogP contribution is -2.36. The van der Waals surface area contributed by atoms with Crippen LogP contribution in [-0.2, 0) is 4.74 Å². The standard InChI is InChI=1S/C17H15N7O2S/c1-10-12(7-18-8-19-10)15-22-23-16(26-15)13-6-11-14(20-9-21-17(11)27-13)24-2-4-25-5-3-24/h6-9H,2-5H2,1H3. The van der Waals surface area contributed by atoms with Crippen molar-refractivity contribution in [1.29, 1.82) is 0 Å². The molecule has 0 aliphatic carbocycles. The molecule has 136 valence electrons. The summed E-state index contributed by atoms with van der Waals surface area (Å²) in [5.74, 6) is 1.77. The van der Waals surface area contributed by atoms with Gasteiger partial charge < -0.3 is 14.1 Å². The second-order valence-corrected chi connectivity index (χ2v) is 7.09. The van der Waals surface area contributed by atoms with Crippen molar-refractivity contribution < 1.29 is 9.15 Å². The van der Waals surface area contributed by atoms with Crippen LogP contribution in [-0.4, -0.2) is 56.4 Å². The van der Waals surface area contributed by atoms with Crippen LogP contribution in [0.4, 0.5) is 5.82 Å². The molecule has 9 nitrogen and oxygen atoms in total. The van der Waals surface area contributed by atoms with Crippen LogP contribution in [0.3, 0.4) is 0 Å². The third-order valence-corrected chi connectivity index (χ3v) is 5.43. The monoisotopic (exact) mass is 381 g/mol. The summed E-state index contributed by atoms with van der Waals surface area (Å²) in [5, 5.41) is 9.34. The topological polar surface area (TPSA) is 103 Å². The van der Waals surface area contributed by atoms with E-state index < -0.39 is 0 Å². The van der Waals surface area contributed by atoms with E-state index in [1.165, 1.54) is 17.7 Å². The number of thiophene rings is 1. The molecular formula is C17H15N7O2S. The van der Waals surface area contributed by atoms with Crippen molar-refractivity contribution >= 4 is 27.4 Å². The summed E-state index contributed by atoms with van der Waals surface area (Å²) in [5.41, 5.74) is 1.52. The molecule has 10 heteroatoms. The molecular weight excluding hydrogens is 366 g/mol. The predicted molar refractivity (Wildman–Crippen MR) is 99.5 cm³/mol. The van der Waals surface area contributed by atoms with Gasteiger partial charge in [-0.3, -0.25) is 0 Å². The molecule has 0 spiro atoms. The third kappa shape index (κ3) is 2.92. The molecule has 4 aromatic heterocycles. The molecule has 1 fully saturated rings. The van der Waals surface area contributed by atoms with Gasteiger partial charge in [-0.15, -0.1) is 21.5 Å². The summed E-state index contributed by atoms with van der Waals surface area (Å²) in [4.78, 5) is 21.0. The highest BCUT2D eigenvalue weighted by atomic mass is 32.1. The summed E-state index contributed by atoms with van der Waals surface area (Å²) in [7, 11) is 0. The number of aromatic nitrogens is 6. The number of anilines is 1. The molecule has 0 atom stereocenters. The van der Waals surface area contributed by atoms with Gasteiger partial charge in [-0.1, -0.05) is 0 Å². The number of nitrogens with zero attached hydrogens (tertiary/aromatic N) is 7. The third-order valence-electron chi connectivity index (χ3n) is 4.40. The number of fused-ring (bicyclic) bond motifs is 1. The van der Waals surface area contributed by atoms with E-state index in [0.29, 0.717) is 25.0 Å². The summed E-state index contributed by atoms with van der Waals surface area (Å²) < 4.78 is 11.3. The van der Waals surface area contributed by atoms with E-state index in [4.69, 9.17) is 9.15 Å². The van der Waals surface area contributed by atoms with Crippen LogP contribution in [0.25, 0.3) is 32.4 Å². The molecule has 4 aromatic rings. The van der Waals surface area contributed by atoms with E-state index >= 15 is 0 Å². The molecule has 1 aliphatic heterocycles. The van der Waals surface area contributed by atoms with Crippen LogP contribution in [0.5, 0.6) is 0 Å². The second-order valence-electron chi connectivity index (χ2n) is 6.06. The van der Waals surface area contributed by atoms with Gasteiger partial charge in [-0.05, 0) is 13.0 Å². The summed E-state index contributed by atoms with van der Waals surface area (Å²) in [6.45, 7) is 4.91. The quantitative estimate of drug-likeness (QED) is 0.529. The Morgan fingerprint density at radius 1 is 1.04 bits per heavy atom. The summed E-state index contributed by atoms with van der Waals surface area (Å²) in [6, 6.07) is 2.01. The van der Waals surface area contributed by atoms with Crippen molar-refractivity contribution in [1.82, 2.24) is 30.1 Å². The highest BCUT2D eigenvalue weighted by molar-refractivity contribution is 7.21. The zero-order valence-corrected chi connectivity index (χ0v) is 15.3. The Bertz CT molecular complexity index is 1100. The minimum absolute atomic E-state index is 0.403. The largest absolute Gasteiger partial charge is 0.415 e. The fourth-order valence-electron chi connectivity index (χ4n) is 3.01. The first-order chi connectivity index (χ1) is 13.3. The van der Waals surface area contributed by atoms with Gasteiger partial charge in [-0.2, -0.15) is 0 Å². The number of ether oxygens (including phenoxy) is 1. The van der Waals surface area contributed by atoms with Crippen LogP contribution in [0.2, 0.25) is 0 Å². The molecule has 0 amide bonds. The van der Waals surface area contributed by atoms with Crippen LogP contribution >= 0.6 is 11.3 Å². The fourth-order valence-corrected chi connectivity index (χ4v) is 3.92. The number of aryl methyl sites for hydroxylation is 1. The number of hydrogen-bond acceptors (Lipinski definition) is 10. The lowest BCUT2D eigenvalue weighted by atomic mass is 10.2. The Balaban J connectivity index is 1.54. The highest BCUT2D eigenvalue weighted by Gasteiger charge is 2.20. The van der Waals surface area contributed by atoms with Gasteiger partial charge >= 0.3 is 0 Å². The predicted octanol–water partition coefficient (Wildman–Crippen LogP) is 2.34. The summed E-state index contributed by atoms with van der Waals surface area (Å²) >= 11 is 1.50. The Hall–Kier alpha value is -2.98. The normalized spacial score (nSPS) is 14.8. The van der Waals surface area contributed by atoms with Crippen molar-refractivity contribution in [3.63, 3.8) is 0 Å². The van der Waals surface area contributed by atoms with Crippen LogP contribution < -0.4 is 4.90 Å². The lowest BCUT2D eigenvalue weighted by Gasteiger charge is -2.28. The van der Waals surface area contributed by atoms with Gasteiger partial charge in [0.15, 0.2) is 0 Å². The molecule has 5 heterocycles. The molecule has 27 heavy (non-hydrogen) atoms. The molecule has 0 aromatic carbocycles. The van der Waals surface area contributed by atoms with E-state index in [9.17, 15) is 0 Å². The Labute approximate surface area is 158 Å². The van der Waals surface area contributed by atoms with Gasteiger partial charge in [0.05, 0.1) is 34.7 Å². The maximum absolute atomic E-state index is 5.88. The molecule has 1 saturated heterocycles. The first kappa shape index (κ1) is 16.2. The smallest absolute Gasteiger partial charge is 0.258 e. The number of rotatable bonds is 3. The second kappa shape index (κ2) is 6.63. The summed E-state index contributed by atoms with van der Waals surface area (Å²) in [6.07, 6.45) is 4.76. The SMILES string of the molecule is Cc1ncncc1-c1nnc(-c2cc3c(N4CCOCC4)ncnc3s2)o1. The van der Waals surface area contributed by atoms with E-state index in [2.05, 4.69) is 35.0 Å². The van der Waals surface area contributed by atoms with Gasteiger partial charge in [-0.25, -0.2) is 19.9 Å². The minimum atomic E-state index is 0.403. The van der Waals surface area contributed by atoms with E-state index in [-0.39, 0.29) is 0 Å². The van der Waals surface area contributed by atoms with Crippen molar-refractivity contribution in [3.05, 3.63) is 30.6 Å². The molecule has 0 bridgehead atoms. The van der Waals surface area contributed by atoms with Crippen LogP contribution in [0.15, 0.2) is 29.3 Å². The Morgan fingerprint density at radius 3 is 2.74 bits per heavy atom. The zero-order valence-electron chi connectivity index (χ0n) is 14.5. The number of hydrogen-bond donors (Lipinski definition) is 0. The highest BCUT2D eigenvalue weighted by Crippen LogP contribution is 2.36.